The monoisotopic (exact) mass is 328 g/mol. The minimum Gasteiger partial charge on any atom is -0.497 e. The summed E-state index contributed by atoms with van der Waals surface area (Å²) in [4.78, 5) is 12.5. The summed E-state index contributed by atoms with van der Waals surface area (Å²) in [6.07, 6.45) is 1.71. The van der Waals surface area contributed by atoms with Crippen molar-refractivity contribution in [2.45, 2.75) is 26.7 Å². The van der Waals surface area contributed by atoms with Crippen LogP contribution in [0.4, 0.5) is 16.2 Å². The molecule has 2 aromatic carbocycles. The Morgan fingerprint density at radius 3 is 2.17 bits per heavy atom. The SMILES string of the molecule is CCc1cccc(CC)c1NC(=O)Nc1cc(OC)ccc1OC. The minimum atomic E-state index is -0.308. The van der Waals surface area contributed by atoms with Gasteiger partial charge in [0.25, 0.3) is 0 Å². The summed E-state index contributed by atoms with van der Waals surface area (Å²) in [5.41, 5.74) is 3.66. The molecule has 5 heteroatoms. The first-order chi connectivity index (χ1) is 11.6. The summed E-state index contributed by atoms with van der Waals surface area (Å²) < 4.78 is 10.5. The molecule has 0 saturated heterocycles. The van der Waals surface area contributed by atoms with Crippen LogP contribution in [0.25, 0.3) is 0 Å². The molecule has 5 nitrogen and oxygen atoms in total. The number of nitrogens with one attached hydrogen (secondary N) is 2. The van der Waals surface area contributed by atoms with Gasteiger partial charge in [-0.15, -0.1) is 0 Å². The Hall–Kier alpha value is -2.69. The molecule has 0 aliphatic carbocycles. The van der Waals surface area contributed by atoms with Crippen LogP contribution in [-0.2, 0) is 12.8 Å². The van der Waals surface area contributed by atoms with E-state index in [9.17, 15) is 4.79 Å². The number of amides is 2. The van der Waals surface area contributed by atoms with E-state index in [4.69, 9.17) is 9.47 Å². The first-order valence-corrected chi connectivity index (χ1v) is 8.03. The molecule has 2 amide bonds. The van der Waals surface area contributed by atoms with Gasteiger partial charge in [-0.1, -0.05) is 32.0 Å². The van der Waals surface area contributed by atoms with Crippen molar-refractivity contribution in [3.63, 3.8) is 0 Å². The molecule has 0 atom stereocenters. The molecule has 2 aromatic rings. The average Bonchev–Trinajstić information content (AvgIpc) is 2.61. The van der Waals surface area contributed by atoms with Crippen LogP contribution in [0.1, 0.15) is 25.0 Å². The van der Waals surface area contributed by atoms with Crippen LogP contribution in [0.5, 0.6) is 11.5 Å². The fraction of sp³-hybridized carbons (Fsp3) is 0.316. The van der Waals surface area contributed by atoms with Gasteiger partial charge < -0.3 is 20.1 Å². The van der Waals surface area contributed by atoms with E-state index in [1.54, 1.807) is 32.4 Å². The standard InChI is InChI=1S/C19H24N2O3/c1-5-13-8-7-9-14(6-2)18(13)21-19(22)20-16-12-15(23-3)10-11-17(16)24-4/h7-12H,5-6H2,1-4H3,(H2,20,21,22). The lowest BCUT2D eigenvalue weighted by Crippen LogP contribution is -2.21. The van der Waals surface area contributed by atoms with Gasteiger partial charge in [0.15, 0.2) is 0 Å². The van der Waals surface area contributed by atoms with Crippen LogP contribution in [0, 0.1) is 0 Å². The molecular weight excluding hydrogens is 304 g/mol. The molecule has 128 valence electrons. The zero-order valence-electron chi connectivity index (χ0n) is 14.6. The molecular formula is C19H24N2O3. The number of hydrogen-bond donors (Lipinski definition) is 2. The first kappa shape index (κ1) is 17.7. The second-order valence-electron chi connectivity index (χ2n) is 5.30. The summed E-state index contributed by atoms with van der Waals surface area (Å²) >= 11 is 0. The topological polar surface area (TPSA) is 59.6 Å². The maximum atomic E-state index is 12.5. The maximum Gasteiger partial charge on any atom is 0.323 e. The predicted octanol–water partition coefficient (Wildman–Crippen LogP) is 4.47. The van der Waals surface area contributed by atoms with Gasteiger partial charge in [0.1, 0.15) is 11.5 Å². The van der Waals surface area contributed by atoms with Gasteiger partial charge in [-0.3, -0.25) is 0 Å². The average molecular weight is 328 g/mol. The van der Waals surface area contributed by atoms with Crippen molar-refractivity contribution in [3.05, 3.63) is 47.5 Å². The molecule has 0 aliphatic rings. The van der Waals surface area contributed by atoms with E-state index in [-0.39, 0.29) is 6.03 Å². The second kappa shape index (κ2) is 8.24. The van der Waals surface area contributed by atoms with Crippen molar-refractivity contribution in [2.75, 3.05) is 24.9 Å². The van der Waals surface area contributed by atoms with Gasteiger partial charge in [0.2, 0.25) is 0 Å². The van der Waals surface area contributed by atoms with Gasteiger partial charge in [0.05, 0.1) is 19.9 Å². The summed E-state index contributed by atoms with van der Waals surface area (Å²) in [6, 6.07) is 11.0. The number of carbonyl (C=O) groups excluding carboxylic acids is 1. The highest BCUT2D eigenvalue weighted by molar-refractivity contribution is 6.01. The summed E-state index contributed by atoms with van der Waals surface area (Å²) in [6.45, 7) is 4.14. The molecule has 2 N–H and O–H groups in total. The highest BCUT2D eigenvalue weighted by atomic mass is 16.5. The zero-order chi connectivity index (χ0) is 17.5. The smallest absolute Gasteiger partial charge is 0.323 e. The van der Waals surface area contributed by atoms with E-state index in [0.717, 1.165) is 29.7 Å². The fourth-order valence-electron chi connectivity index (χ4n) is 2.58. The van der Waals surface area contributed by atoms with Crippen LogP contribution in [0.2, 0.25) is 0 Å². The van der Waals surface area contributed by atoms with E-state index < -0.39 is 0 Å². The van der Waals surface area contributed by atoms with Crippen molar-refractivity contribution in [1.82, 2.24) is 0 Å². The van der Waals surface area contributed by atoms with Gasteiger partial charge in [-0.25, -0.2) is 4.79 Å². The van der Waals surface area contributed by atoms with Gasteiger partial charge in [-0.2, -0.15) is 0 Å². The number of anilines is 2. The number of carbonyl (C=O) groups is 1. The van der Waals surface area contributed by atoms with Crippen LogP contribution in [0.3, 0.4) is 0 Å². The van der Waals surface area contributed by atoms with Crippen LogP contribution in [-0.4, -0.2) is 20.3 Å². The Balaban J connectivity index is 2.23. The minimum absolute atomic E-state index is 0.308. The quantitative estimate of drug-likeness (QED) is 0.822. The molecule has 0 aromatic heterocycles. The molecule has 0 radical (unpaired) electrons. The zero-order valence-corrected chi connectivity index (χ0v) is 14.6. The molecule has 0 aliphatic heterocycles. The third-order valence-electron chi connectivity index (χ3n) is 3.89. The highest BCUT2D eigenvalue weighted by Crippen LogP contribution is 2.29. The first-order valence-electron chi connectivity index (χ1n) is 8.03. The number of hydrogen-bond acceptors (Lipinski definition) is 3. The number of benzene rings is 2. The van der Waals surface area contributed by atoms with Crippen molar-refractivity contribution in [1.29, 1.82) is 0 Å². The Morgan fingerprint density at radius 1 is 0.958 bits per heavy atom. The van der Waals surface area contributed by atoms with Gasteiger partial charge >= 0.3 is 6.03 Å². The number of ether oxygens (including phenoxy) is 2. The van der Waals surface area contributed by atoms with Crippen molar-refractivity contribution in [3.8, 4) is 11.5 Å². The predicted molar refractivity (Wildman–Crippen MR) is 97.4 cm³/mol. The third kappa shape index (κ3) is 3.98. The van der Waals surface area contributed by atoms with Crippen molar-refractivity contribution in [2.24, 2.45) is 0 Å². The number of para-hydroxylation sites is 1. The number of methoxy groups -OCH3 is 2. The Morgan fingerprint density at radius 2 is 1.62 bits per heavy atom. The number of rotatable bonds is 6. The lowest BCUT2D eigenvalue weighted by atomic mass is 10.0. The largest absolute Gasteiger partial charge is 0.497 e. The van der Waals surface area contributed by atoms with Gasteiger partial charge in [-0.05, 0) is 36.1 Å². The Kier molecular flexibility index (Phi) is 6.07. The normalized spacial score (nSPS) is 10.2. The van der Waals surface area contributed by atoms with E-state index in [2.05, 4.69) is 24.5 Å². The molecule has 0 spiro atoms. The second-order valence-corrected chi connectivity index (χ2v) is 5.30. The van der Waals surface area contributed by atoms with E-state index in [0.29, 0.717) is 17.2 Å². The Labute approximate surface area is 143 Å². The maximum absolute atomic E-state index is 12.5. The van der Waals surface area contributed by atoms with E-state index in [1.165, 1.54) is 0 Å². The highest BCUT2D eigenvalue weighted by Gasteiger charge is 2.12. The van der Waals surface area contributed by atoms with Gasteiger partial charge in [0, 0.05) is 11.8 Å². The molecule has 0 saturated carbocycles. The van der Waals surface area contributed by atoms with Crippen LogP contribution in [0.15, 0.2) is 36.4 Å². The molecule has 2 rings (SSSR count). The van der Waals surface area contributed by atoms with Crippen LogP contribution >= 0.6 is 0 Å². The number of urea groups is 1. The molecule has 0 heterocycles. The molecule has 0 bridgehead atoms. The summed E-state index contributed by atoms with van der Waals surface area (Å²) in [7, 11) is 3.14. The molecule has 0 fully saturated rings. The summed E-state index contributed by atoms with van der Waals surface area (Å²) in [5, 5.41) is 5.80. The van der Waals surface area contributed by atoms with Crippen molar-refractivity contribution >= 4 is 17.4 Å². The lowest BCUT2D eigenvalue weighted by molar-refractivity contribution is 0.262. The van der Waals surface area contributed by atoms with E-state index in [1.807, 2.05) is 18.2 Å². The number of aryl methyl sites for hydroxylation is 2. The van der Waals surface area contributed by atoms with Crippen LogP contribution < -0.4 is 20.1 Å². The summed E-state index contributed by atoms with van der Waals surface area (Å²) in [5.74, 6) is 1.22. The Bertz CT molecular complexity index is 692. The van der Waals surface area contributed by atoms with Crippen molar-refractivity contribution < 1.29 is 14.3 Å². The third-order valence-corrected chi connectivity index (χ3v) is 3.89. The fourth-order valence-corrected chi connectivity index (χ4v) is 2.58. The van der Waals surface area contributed by atoms with E-state index >= 15 is 0 Å². The molecule has 0 unspecified atom stereocenters. The lowest BCUT2D eigenvalue weighted by Gasteiger charge is -2.16. The molecule has 24 heavy (non-hydrogen) atoms.